The van der Waals surface area contributed by atoms with Gasteiger partial charge >= 0.3 is 0 Å². The minimum absolute atomic E-state index is 0.0258. The topological polar surface area (TPSA) is 46.3 Å². The minimum Gasteiger partial charge on any atom is -0.333 e. The molecule has 2 aromatic rings. The van der Waals surface area contributed by atoms with Gasteiger partial charge in [0.15, 0.2) is 0 Å². The molecule has 0 fully saturated rings. The predicted octanol–water partition coefficient (Wildman–Crippen LogP) is 2.89. The summed E-state index contributed by atoms with van der Waals surface area (Å²) >= 11 is 2.21. The van der Waals surface area contributed by atoms with Crippen LogP contribution in [0.4, 0.5) is 0 Å². The SMILES string of the molecule is NCCN(Cc1ccccc1)C(=O)c1cccc(I)c1. The van der Waals surface area contributed by atoms with Crippen LogP contribution in [0.1, 0.15) is 15.9 Å². The summed E-state index contributed by atoms with van der Waals surface area (Å²) < 4.78 is 1.06. The van der Waals surface area contributed by atoms with Crippen molar-refractivity contribution in [3.63, 3.8) is 0 Å². The van der Waals surface area contributed by atoms with E-state index in [0.717, 1.165) is 9.13 Å². The van der Waals surface area contributed by atoms with Crippen molar-refractivity contribution in [3.05, 3.63) is 69.3 Å². The summed E-state index contributed by atoms with van der Waals surface area (Å²) in [5, 5.41) is 0. The first-order chi connectivity index (χ1) is 9.70. The average Bonchev–Trinajstić information content (AvgIpc) is 2.47. The normalized spacial score (nSPS) is 10.3. The number of halogens is 1. The zero-order chi connectivity index (χ0) is 14.4. The van der Waals surface area contributed by atoms with Crippen molar-refractivity contribution in [1.29, 1.82) is 0 Å². The van der Waals surface area contributed by atoms with Crippen LogP contribution < -0.4 is 5.73 Å². The molecule has 0 bridgehead atoms. The smallest absolute Gasteiger partial charge is 0.254 e. The first kappa shape index (κ1) is 15.0. The van der Waals surface area contributed by atoms with E-state index in [1.165, 1.54) is 0 Å². The third kappa shape index (κ3) is 4.05. The highest BCUT2D eigenvalue weighted by Gasteiger charge is 2.15. The standard InChI is InChI=1S/C16H17IN2O/c17-15-8-4-7-14(11-15)16(20)19(10-9-18)12-13-5-2-1-3-6-13/h1-8,11H,9-10,12,18H2. The Hall–Kier alpha value is -1.40. The van der Waals surface area contributed by atoms with E-state index in [0.29, 0.717) is 25.2 Å². The summed E-state index contributed by atoms with van der Waals surface area (Å²) in [4.78, 5) is 14.4. The molecule has 4 heteroatoms. The van der Waals surface area contributed by atoms with Crippen LogP contribution in [0.3, 0.4) is 0 Å². The van der Waals surface area contributed by atoms with Gasteiger partial charge in [0.05, 0.1) is 0 Å². The lowest BCUT2D eigenvalue weighted by atomic mass is 10.1. The zero-order valence-corrected chi connectivity index (χ0v) is 13.3. The van der Waals surface area contributed by atoms with E-state index >= 15 is 0 Å². The second-order valence-corrected chi connectivity index (χ2v) is 5.76. The quantitative estimate of drug-likeness (QED) is 0.811. The maximum Gasteiger partial charge on any atom is 0.254 e. The lowest BCUT2D eigenvalue weighted by Gasteiger charge is -2.22. The van der Waals surface area contributed by atoms with Gasteiger partial charge in [0.1, 0.15) is 0 Å². The monoisotopic (exact) mass is 380 g/mol. The molecule has 0 radical (unpaired) electrons. The maximum atomic E-state index is 12.6. The highest BCUT2D eigenvalue weighted by atomic mass is 127. The van der Waals surface area contributed by atoms with Gasteiger partial charge in [-0.3, -0.25) is 4.79 Å². The number of carbonyl (C=O) groups excluding carboxylic acids is 1. The Kier molecular flexibility index (Phi) is 5.55. The lowest BCUT2D eigenvalue weighted by molar-refractivity contribution is 0.0748. The van der Waals surface area contributed by atoms with Gasteiger partial charge < -0.3 is 10.6 Å². The summed E-state index contributed by atoms with van der Waals surface area (Å²) in [7, 11) is 0. The molecule has 0 aliphatic carbocycles. The van der Waals surface area contributed by atoms with Crippen molar-refractivity contribution in [2.75, 3.05) is 13.1 Å². The second-order valence-electron chi connectivity index (χ2n) is 4.51. The van der Waals surface area contributed by atoms with Gasteiger partial charge in [0.2, 0.25) is 0 Å². The third-order valence-electron chi connectivity index (χ3n) is 2.97. The van der Waals surface area contributed by atoms with Gasteiger partial charge in [-0.2, -0.15) is 0 Å². The zero-order valence-electron chi connectivity index (χ0n) is 11.1. The molecule has 0 saturated heterocycles. The van der Waals surface area contributed by atoms with Crippen molar-refractivity contribution in [2.45, 2.75) is 6.54 Å². The highest BCUT2D eigenvalue weighted by Crippen LogP contribution is 2.12. The Balaban J connectivity index is 2.18. The lowest BCUT2D eigenvalue weighted by Crippen LogP contribution is -2.34. The van der Waals surface area contributed by atoms with E-state index in [9.17, 15) is 4.79 Å². The van der Waals surface area contributed by atoms with E-state index in [-0.39, 0.29) is 5.91 Å². The number of rotatable bonds is 5. The summed E-state index contributed by atoms with van der Waals surface area (Å²) in [6, 6.07) is 17.6. The van der Waals surface area contributed by atoms with Crippen molar-refractivity contribution in [1.82, 2.24) is 4.90 Å². The summed E-state index contributed by atoms with van der Waals surface area (Å²) in [5.41, 5.74) is 7.45. The molecule has 0 aromatic heterocycles. The van der Waals surface area contributed by atoms with Crippen LogP contribution in [0.15, 0.2) is 54.6 Å². The van der Waals surface area contributed by atoms with Crippen LogP contribution in [-0.2, 0) is 6.54 Å². The molecule has 2 N–H and O–H groups in total. The molecule has 20 heavy (non-hydrogen) atoms. The van der Waals surface area contributed by atoms with Crippen LogP contribution in [0.25, 0.3) is 0 Å². The average molecular weight is 380 g/mol. The van der Waals surface area contributed by atoms with E-state index in [2.05, 4.69) is 22.6 Å². The molecule has 0 aliphatic heterocycles. The van der Waals surface area contributed by atoms with Gasteiger partial charge in [-0.25, -0.2) is 0 Å². The Morgan fingerprint density at radius 1 is 1.10 bits per heavy atom. The molecule has 0 heterocycles. The number of hydrogen-bond acceptors (Lipinski definition) is 2. The van der Waals surface area contributed by atoms with Gasteiger partial charge in [0.25, 0.3) is 5.91 Å². The fraction of sp³-hybridized carbons (Fsp3) is 0.188. The van der Waals surface area contributed by atoms with E-state index in [1.54, 1.807) is 4.90 Å². The van der Waals surface area contributed by atoms with Gasteiger partial charge in [-0.15, -0.1) is 0 Å². The van der Waals surface area contributed by atoms with Crippen LogP contribution in [-0.4, -0.2) is 23.9 Å². The van der Waals surface area contributed by atoms with Gasteiger partial charge in [-0.1, -0.05) is 36.4 Å². The molecule has 0 atom stereocenters. The Bertz CT molecular complexity index is 572. The van der Waals surface area contributed by atoms with Crippen molar-refractivity contribution in [3.8, 4) is 0 Å². The van der Waals surface area contributed by atoms with E-state index in [1.807, 2.05) is 54.6 Å². The summed E-state index contributed by atoms with van der Waals surface area (Å²) in [5.74, 6) is 0.0258. The van der Waals surface area contributed by atoms with E-state index in [4.69, 9.17) is 5.73 Å². The second kappa shape index (κ2) is 7.40. The summed E-state index contributed by atoms with van der Waals surface area (Å²) in [6.07, 6.45) is 0. The molecule has 0 unspecified atom stereocenters. The van der Waals surface area contributed by atoms with Crippen LogP contribution in [0.5, 0.6) is 0 Å². The van der Waals surface area contributed by atoms with Crippen molar-refractivity contribution < 1.29 is 4.79 Å². The van der Waals surface area contributed by atoms with Crippen molar-refractivity contribution in [2.24, 2.45) is 5.73 Å². The third-order valence-corrected chi connectivity index (χ3v) is 3.65. The fourth-order valence-electron chi connectivity index (χ4n) is 2.02. The Morgan fingerprint density at radius 2 is 1.85 bits per heavy atom. The first-order valence-corrected chi connectivity index (χ1v) is 7.57. The largest absolute Gasteiger partial charge is 0.333 e. The van der Waals surface area contributed by atoms with Crippen LogP contribution in [0, 0.1) is 3.57 Å². The molecular formula is C16H17IN2O. The molecule has 2 aromatic carbocycles. The molecule has 104 valence electrons. The highest BCUT2D eigenvalue weighted by molar-refractivity contribution is 14.1. The first-order valence-electron chi connectivity index (χ1n) is 6.49. The number of nitrogens with two attached hydrogens (primary N) is 1. The van der Waals surface area contributed by atoms with E-state index < -0.39 is 0 Å². The molecule has 2 rings (SSSR count). The molecule has 1 amide bonds. The summed E-state index contributed by atoms with van der Waals surface area (Å²) in [6.45, 7) is 1.60. The molecule has 3 nitrogen and oxygen atoms in total. The van der Waals surface area contributed by atoms with Crippen LogP contribution in [0.2, 0.25) is 0 Å². The Labute approximate surface area is 132 Å². The fourth-order valence-corrected chi connectivity index (χ4v) is 2.56. The molecule has 0 saturated carbocycles. The molecule has 0 aliphatic rings. The predicted molar refractivity (Wildman–Crippen MR) is 89.4 cm³/mol. The molecular weight excluding hydrogens is 363 g/mol. The number of hydrogen-bond donors (Lipinski definition) is 1. The number of benzene rings is 2. The number of amides is 1. The maximum absolute atomic E-state index is 12.6. The van der Waals surface area contributed by atoms with Crippen LogP contribution >= 0.6 is 22.6 Å². The number of carbonyl (C=O) groups is 1. The Morgan fingerprint density at radius 3 is 2.50 bits per heavy atom. The van der Waals surface area contributed by atoms with Gasteiger partial charge in [-0.05, 0) is 46.4 Å². The van der Waals surface area contributed by atoms with Crippen molar-refractivity contribution >= 4 is 28.5 Å². The minimum atomic E-state index is 0.0258. The van der Waals surface area contributed by atoms with Gasteiger partial charge in [0, 0.05) is 28.8 Å². The molecule has 0 spiro atoms. The number of nitrogens with zero attached hydrogens (tertiary/aromatic N) is 1.